The van der Waals surface area contributed by atoms with Gasteiger partial charge < -0.3 is 9.97 Å². The van der Waals surface area contributed by atoms with E-state index in [1.165, 1.54) is 18.3 Å². The summed E-state index contributed by atoms with van der Waals surface area (Å²) in [5.74, 6) is -0.631. The summed E-state index contributed by atoms with van der Waals surface area (Å²) in [6, 6.07) is 13.3. The van der Waals surface area contributed by atoms with Crippen molar-refractivity contribution < 1.29 is 74.2 Å². The number of rotatable bonds is 0. The van der Waals surface area contributed by atoms with E-state index in [2.05, 4.69) is 22.1 Å². The van der Waals surface area contributed by atoms with Crippen molar-refractivity contribution in [3.63, 3.8) is 0 Å². The third-order valence-corrected chi connectivity index (χ3v) is 3.44. The van der Waals surface area contributed by atoms with Crippen LogP contribution in [0.2, 0.25) is 5.02 Å². The molecule has 0 aliphatic heterocycles. The third-order valence-electron chi connectivity index (χ3n) is 3.17. The van der Waals surface area contributed by atoms with Crippen LogP contribution in [0.1, 0.15) is 0 Å². The summed E-state index contributed by atoms with van der Waals surface area (Å²) in [5.41, 5.74) is 0. The molecule has 0 atom stereocenters. The van der Waals surface area contributed by atoms with Crippen molar-refractivity contribution in [2.45, 2.75) is 0 Å². The van der Waals surface area contributed by atoms with Crippen LogP contribution in [0.4, 0.5) is 8.78 Å². The molecule has 25 heavy (non-hydrogen) atoms. The third kappa shape index (κ3) is 5.54. The molecule has 0 aliphatic rings. The van der Waals surface area contributed by atoms with Gasteiger partial charge in [0.05, 0.1) is 5.82 Å². The van der Waals surface area contributed by atoms with Gasteiger partial charge in [0.1, 0.15) is 0 Å². The molecule has 0 N–H and O–H groups in total. The first-order valence-corrected chi connectivity index (χ1v) is 7.04. The molecular formula is C18H9ClF2N2Y2-2. The molecule has 120 valence electrons. The Hall–Kier alpha value is -0.382. The van der Waals surface area contributed by atoms with Gasteiger partial charge >= 0.3 is 0 Å². The number of nitrogens with zero attached hydrogens (tertiary/aromatic N) is 2. The first-order valence-electron chi connectivity index (χ1n) is 6.66. The first-order chi connectivity index (χ1) is 11.2. The minimum atomic E-state index is -0.409. The topological polar surface area (TPSA) is 25.8 Å². The average Bonchev–Trinajstić information content (AvgIpc) is 2.60. The molecule has 0 aliphatic carbocycles. The Morgan fingerprint density at radius 3 is 2.08 bits per heavy atom. The van der Waals surface area contributed by atoms with E-state index in [1.54, 1.807) is 36.8 Å². The van der Waals surface area contributed by atoms with Crippen molar-refractivity contribution in [1.29, 1.82) is 0 Å². The zero-order valence-electron chi connectivity index (χ0n) is 12.9. The van der Waals surface area contributed by atoms with Gasteiger partial charge in [-0.05, 0) is 17.4 Å². The van der Waals surface area contributed by atoms with Crippen molar-refractivity contribution >= 4 is 33.1 Å². The van der Waals surface area contributed by atoms with Crippen LogP contribution >= 0.6 is 11.6 Å². The maximum atomic E-state index is 13.2. The average molecular weight is 505 g/mol. The van der Waals surface area contributed by atoms with E-state index in [-0.39, 0.29) is 76.3 Å². The number of benzene rings is 2. The molecule has 0 saturated carbocycles. The fourth-order valence-corrected chi connectivity index (χ4v) is 2.20. The molecule has 0 unspecified atom stereocenters. The maximum absolute atomic E-state index is 13.2. The van der Waals surface area contributed by atoms with Crippen LogP contribution in [0.3, 0.4) is 0 Å². The summed E-state index contributed by atoms with van der Waals surface area (Å²) in [7, 11) is 0. The second-order valence-corrected chi connectivity index (χ2v) is 5.03. The van der Waals surface area contributed by atoms with Gasteiger partial charge in [0, 0.05) is 83.6 Å². The number of fused-ring (bicyclic) bond motifs is 2. The Balaban J connectivity index is 0.000000232. The second kappa shape index (κ2) is 10.7. The summed E-state index contributed by atoms with van der Waals surface area (Å²) in [6.07, 6.45) is 6.24. The monoisotopic (exact) mass is 504 g/mol. The molecule has 4 aromatic rings. The fourth-order valence-electron chi connectivity index (χ4n) is 2.05. The molecule has 2 nitrogen and oxygen atoms in total. The van der Waals surface area contributed by atoms with Gasteiger partial charge in [-0.25, -0.2) is 8.78 Å². The zero-order valence-corrected chi connectivity index (χ0v) is 19.3. The van der Waals surface area contributed by atoms with Crippen LogP contribution in [0.15, 0.2) is 55.1 Å². The minimum absolute atomic E-state index is 0. The number of aromatic nitrogens is 2. The van der Waals surface area contributed by atoms with E-state index in [9.17, 15) is 8.78 Å². The van der Waals surface area contributed by atoms with Crippen molar-refractivity contribution in [3.05, 3.63) is 83.9 Å². The van der Waals surface area contributed by atoms with Gasteiger partial charge in [-0.3, -0.25) is 0 Å². The van der Waals surface area contributed by atoms with E-state index in [0.29, 0.717) is 21.5 Å². The van der Waals surface area contributed by atoms with Crippen molar-refractivity contribution in [1.82, 2.24) is 9.97 Å². The van der Waals surface area contributed by atoms with Gasteiger partial charge in [-0.2, -0.15) is 0 Å². The predicted molar refractivity (Wildman–Crippen MR) is 86.1 cm³/mol. The number of pyridine rings is 2. The summed E-state index contributed by atoms with van der Waals surface area (Å²) in [6.45, 7) is 0. The molecular weight excluding hydrogens is 495 g/mol. The Bertz CT molecular complexity index is 978. The van der Waals surface area contributed by atoms with E-state index in [0.717, 1.165) is 0 Å². The van der Waals surface area contributed by atoms with Gasteiger partial charge in [-0.15, -0.1) is 52.7 Å². The van der Waals surface area contributed by atoms with Crippen LogP contribution in [0.25, 0.3) is 21.5 Å². The quantitative estimate of drug-likeness (QED) is 0.315. The molecule has 0 bridgehead atoms. The summed E-state index contributed by atoms with van der Waals surface area (Å²) in [4.78, 5) is 7.70. The van der Waals surface area contributed by atoms with Crippen molar-refractivity contribution in [3.8, 4) is 0 Å². The second-order valence-electron chi connectivity index (χ2n) is 4.62. The predicted octanol–water partition coefficient (Wildman–Crippen LogP) is 5.00. The van der Waals surface area contributed by atoms with Crippen LogP contribution < -0.4 is 0 Å². The van der Waals surface area contributed by atoms with Gasteiger partial charge in [0.15, 0.2) is 0 Å². The van der Waals surface area contributed by atoms with E-state index in [1.807, 2.05) is 0 Å². The SMILES string of the molecule is Fc1c(Cl)c[c-]c2cnccc12.Fc1cc[c-]c2cnccc12.[Y].[Y]. The summed E-state index contributed by atoms with van der Waals surface area (Å²) in [5, 5.41) is 2.47. The number of hydrogen-bond acceptors (Lipinski definition) is 2. The number of halogens is 3. The smallest absolute Gasteiger partial charge is 0.0670 e. The van der Waals surface area contributed by atoms with E-state index < -0.39 is 5.82 Å². The Morgan fingerprint density at radius 2 is 1.44 bits per heavy atom. The van der Waals surface area contributed by atoms with Crippen LogP contribution in [0, 0.1) is 23.8 Å². The first kappa shape index (κ1) is 22.7. The van der Waals surface area contributed by atoms with Crippen LogP contribution in [-0.4, -0.2) is 9.97 Å². The molecule has 2 heterocycles. The zero-order chi connectivity index (χ0) is 16.2. The minimum Gasteiger partial charge on any atom is -0.313 e. The molecule has 0 spiro atoms. The molecule has 2 aromatic heterocycles. The molecule has 2 radical (unpaired) electrons. The fraction of sp³-hybridized carbons (Fsp3) is 0. The normalized spacial score (nSPS) is 9.56. The molecule has 7 heteroatoms. The van der Waals surface area contributed by atoms with Gasteiger partial charge in [0.2, 0.25) is 0 Å². The van der Waals surface area contributed by atoms with E-state index in [4.69, 9.17) is 11.6 Å². The molecule has 2 aromatic carbocycles. The maximum Gasteiger partial charge on any atom is 0.0670 e. The molecule has 0 amide bonds. The largest absolute Gasteiger partial charge is 0.313 e. The summed E-state index contributed by atoms with van der Waals surface area (Å²) < 4.78 is 26.2. The Labute approximate surface area is 199 Å². The molecule has 4 rings (SSSR count). The molecule has 0 saturated heterocycles. The van der Waals surface area contributed by atoms with Crippen molar-refractivity contribution in [2.24, 2.45) is 0 Å². The van der Waals surface area contributed by atoms with Crippen molar-refractivity contribution in [2.75, 3.05) is 0 Å². The van der Waals surface area contributed by atoms with Crippen LogP contribution in [-0.2, 0) is 65.4 Å². The standard InChI is InChI=1S/C9H4ClFN.C9H5FN.2Y/c10-8-2-1-6-5-12-4-3-7(6)9(8)11;10-9-3-1-2-7-6-11-5-4-8(7)9;;/h2-5H;1,3-6H;;/q2*-1;;. The van der Waals surface area contributed by atoms with Crippen LogP contribution in [0.5, 0.6) is 0 Å². The van der Waals surface area contributed by atoms with E-state index >= 15 is 0 Å². The summed E-state index contributed by atoms with van der Waals surface area (Å²) >= 11 is 5.56. The van der Waals surface area contributed by atoms with Gasteiger partial charge in [0.25, 0.3) is 0 Å². The Morgan fingerprint density at radius 1 is 0.840 bits per heavy atom. The number of hydrogen-bond donors (Lipinski definition) is 0. The van der Waals surface area contributed by atoms with Gasteiger partial charge in [-0.1, -0.05) is 22.9 Å². The molecule has 0 fully saturated rings. The Kier molecular flexibility index (Phi) is 9.69.